The molecule has 3 aromatic rings. The Morgan fingerprint density at radius 2 is 2.17 bits per heavy atom. The SMILES string of the molecule is CCn1c(=NC(=O)c2ccnn2C)sc2c(C)ccc(OC)c21. The molecule has 0 spiro atoms. The number of nitrogens with zero attached hydrogens (tertiary/aromatic N) is 4. The summed E-state index contributed by atoms with van der Waals surface area (Å²) in [7, 11) is 3.38. The van der Waals surface area contributed by atoms with E-state index >= 15 is 0 Å². The van der Waals surface area contributed by atoms with E-state index in [1.54, 1.807) is 26.4 Å². The number of hydrogen-bond acceptors (Lipinski definition) is 4. The molecule has 6 nitrogen and oxygen atoms in total. The van der Waals surface area contributed by atoms with E-state index in [9.17, 15) is 4.79 Å². The standard InChI is InChI=1S/C16H18N4O2S/c1-5-20-13-12(22-4)7-6-10(2)14(13)23-16(20)18-15(21)11-8-9-17-19(11)3/h6-9H,5H2,1-4H3. The van der Waals surface area contributed by atoms with Gasteiger partial charge in [0, 0.05) is 19.8 Å². The van der Waals surface area contributed by atoms with Crippen molar-refractivity contribution in [3.8, 4) is 5.75 Å². The fraction of sp³-hybridized carbons (Fsp3) is 0.312. The largest absolute Gasteiger partial charge is 0.495 e. The number of carbonyl (C=O) groups is 1. The molecule has 0 aliphatic heterocycles. The molecule has 0 atom stereocenters. The minimum atomic E-state index is -0.296. The summed E-state index contributed by atoms with van der Waals surface area (Å²) in [5, 5.41) is 4.02. The number of methoxy groups -OCH3 is 1. The van der Waals surface area contributed by atoms with E-state index in [-0.39, 0.29) is 5.91 Å². The lowest BCUT2D eigenvalue weighted by molar-refractivity contribution is 0.0989. The van der Waals surface area contributed by atoms with E-state index in [1.165, 1.54) is 16.0 Å². The van der Waals surface area contributed by atoms with Gasteiger partial charge in [0.25, 0.3) is 5.91 Å². The number of amides is 1. The van der Waals surface area contributed by atoms with Gasteiger partial charge in [-0.2, -0.15) is 10.1 Å². The number of benzene rings is 1. The van der Waals surface area contributed by atoms with Gasteiger partial charge < -0.3 is 9.30 Å². The van der Waals surface area contributed by atoms with Gasteiger partial charge in [0.2, 0.25) is 0 Å². The fourth-order valence-electron chi connectivity index (χ4n) is 2.55. The minimum Gasteiger partial charge on any atom is -0.495 e. The van der Waals surface area contributed by atoms with Gasteiger partial charge >= 0.3 is 0 Å². The molecule has 0 saturated carbocycles. The Hall–Kier alpha value is -2.41. The van der Waals surface area contributed by atoms with E-state index in [0.29, 0.717) is 17.0 Å². The molecule has 0 saturated heterocycles. The first-order valence-electron chi connectivity index (χ1n) is 7.30. The Balaban J connectivity index is 2.26. The summed E-state index contributed by atoms with van der Waals surface area (Å²) in [6.07, 6.45) is 1.59. The number of carbonyl (C=O) groups excluding carboxylic acids is 1. The predicted molar refractivity (Wildman–Crippen MR) is 89.9 cm³/mol. The topological polar surface area (TPSA) is 61.4 Å². The van der Waals surface area contributed by atoms with Gasteiger partial charge in [0.1, 0.15) is 17.0 Å². The minimum absolute atomic E-state index is 0.296. The molecule has 0 radical (unpaired) electrons. The maximum atomic E-state index is 12.4. The lowest BCUT2D eigenvalue weighted by Crippen LogP contribution is -2.17. The van der Waals surface area contributed by atoms with Crippen molar-refractivity contribution in [3.63, 3.8) is 0 Å². The highest BCUT2D eigenvalue weighted by Crippen LogP contribution is 2.30. The van der Waals surface area contributed by atoms with Gasteiger partial charge in [0.05, 0.1) is 11.8 Å². The van der Waals surface area contributed by atoms with Crippen LogP contribution in [0, 0.1) is 6.92 Å². The second-order valence-electron chi connectivity index (χ2n) is 5.15. The third-order valence-corrected chi connectivity index (χ3v) is 4.97. The highest BCUT2D eigenvalue weighted by molar-refractivity contribution is 7.16. The number of fused-ring (bicyclic) bond motifs is 1. The quantitative estimate of drug-likeness (QED) is 0.741. The number of rotatable bonds is 3. The summed E-state index contributed by atoms with van der Waals surface area (Å²) in [5.74, 6) is 0.494. The number of hydrogen-bond donors (Lipinski definition) is 0. The van der Waals surface area contributed by atoms with Crippen LogP contribution in [-0.4, -0.2) is 27.4 Å². The van der Waals surface area contributed by atoms with Crippen molar-refractivity contribution in [1.82, 2.24) is 14.3 Å². The van der Waals surface area contributed by atoms with E-state index < -0.39 is 0 Å². The summed E-state index contributed by atoms with van der Waals surface area (Å²) in [6, 6.07) is 5.63. The first-order valence-corrected chi connectivity index (χ1v) is 8.12. The lowest BCUT2D eigenvalue weighted by atomic mass is 10.2. The van der Waals surface area contributed by atoms with Crippen molar-refractivity contribution in [3.05, 3.63) is 40.5 Å². The molecule has 0 fully saturated rings. The monoisotopic (exact) mass is 330 g/mol. The van der Waals surface area contributed by atoms with E-state index in [2.05, 4.69) is 10.1 Å². The molecule has 1 amide bonds. The van der Waals surface area contributed by atoms with Crippen LogP contribution in [0.3, 0.4) is 0 Å². The predicted octanol–water partition coefficient (Wildman–Crippen LogP) is 2.51. The van der Waals surface area contributed by atoms with Crippen molar-refractivity contribution in [2.24, 2.45) is 12.0 Å². The summed E-state index contributed by atoms with van der Waals surface area (Å²) < 4.78 is 10.1. The van der Waals surface area contributed by atoms with Crippen LogP contribution >= 0.6 is 11.3 Å². The van der Waals surface area contributed by atoms with Gasteiger partial charge in [-0.25, -0.2) is 0 Å². The molecule has 7 heteroatoms. The zero-order valence-corrected chi connectivity index (χ0v) is 14.3. The van der Waals surface area contributed by atoms with Crippen LogP contribution in [0.4, 0.5) is 0 Å². The molecule has 3 rings (SSSR count). The molecule has 120 valence electrons. The summed E-state index contributed by atoms with van der Waals surface area (Å²) in [4.78, 5) is 17.4. The molecular formula is C16H18N4O2S. The van der Waals surface area contributed by atoms with Crippen LogP contribution in [0.5, 0.6) is 5.75 Å². The van der Waals surface area contributed by atoms with Crippen molar-refractivity contribution in [2.45, 2.75) is 20.4 Å². The maximum Gasteiger partial charge on any atom is 0.297 e. The van der Waals surface area contributed by atoms with E-state index in [0.717, 1.165) is 21.5 Å². The Kier molecular flexibility index (Phi) is 4.04. The summed E-state index contributed by atoms with van der Waals surface area (Å²) in [5.41, 5.74) is 2.59. The molecule has 0 bridgehead atoms. The Bertz CT molecular complexity index is 949. The van der Waals surface area contributed by atoms with Crippen LogP contribution in [0.25, 0.3) is 10.2 Å². The fourth-order valence-corrected chi connectivity index (χ4v) is 3.73. The first kappa shape index (κ1) is 15.5. The molecular weight excluding hydrogens is 312 g/mol. The Morgan fingerprint density at radius 1 is 1.39 bits per heavy atom. The second-order valence-corrected chi connectivity index (χ2v) is 6.13. The number of aryl methyl sites for hydroxylation is 3. The van der Waals surface area contributed by atoms with Crippen LogP contribution < -0.4 is 9.54 Å². The highest BCUT2D eigenvalue weighted by Gasteiger charge is 2.14. The van der Waals surface area contributed by atoms with E-state index in [4.69, 9.17) is 4.74 Å². The summed E-state index contributed by atoms with van der Waals surface area (Å²) >= 11 is 1.50. The average molecular weight is 330 g/mol. The number of ether oxygens (including phenoxy) is 1. The molecule has 0 N–H and O–H groups in total. The van der Waals surface area contributed by atoms with Crippen molar-refractivity contribution in [2.75, 3.05) is 7.11 Å². The van der Waals surface area contributed by atoms with Crippen LogP contribution in [0.15, 0.2) is 29.4 Å². The van der Waals surface area contributed by atoms with Gasteiger partial charge in [-0.1, -0.05) is 17.4 Å². The second kappa shape index (κ2) is 6.00. The van der Waals surface area contributed by atoms with Crippen molar-refractivity contribution in [1.29, 1.82) is 0 Å². The summed E-state index contributed by atoms with van der Waals surface area (Å²) in [6.45, 7) is 4.78. The molecule has 0 aliphatic carbocycles. The number of aromatic nitrogens is 3. The molecule has 0 aliphatic rings. The third kappa shape index (κ3) is 2.57. The smallest absolute Gasteiger partial charge is 0.297 e. The van der Waals surface area contributed by atoms with Crippen LogP contribution in [0.1, 0.15) is 23.0 Å². The molecule has 2 heterocycles. The van der Waals surface area contributed by atoms with Gasteiger partial charge in [0.15, 0.2) is 4.80 Å². The zero-order chi connectivity index (χ0) is 16.6. The van der Waals surface area contributed by atoms with Gasteiger partial charge in [-0.3, -0.25) is 9.48 Å². The van der Waals surface area contributed by atoms with Gasteiger partial charge in [-0.05, 0) is 31.5 Å². The van der Waals surface area contributed by atoms with Crippen LogP contribution in [-0.2, 0) is 13.6 Å². The molecule has 23 heavy (non-hydrogen) atoms. The number of thiazole rings is 1. The molecule has 1 aromatic carbocycles. The van der Waals surface area contributed by atoms with E-state index in [1.807, 2.05) is 30.5 Å². The zero-order valence-electron chi connectivity index (χ0n) is 13.5. The van der Waals surface area contributed by atoms with Crippen LogP contribution in [0.2, 0.25) is 0 Å². The Labute approximate surface area is 137 Å². The van der Waals surface area contributed by atoms with Gasteiger partial charge in [-0.15, -0.1) is 0 Å². The average Bonchev–Trinajstić information content (AvgIpc) is 3.12. The Morgan fingerprint density at radius 3 is 2.78 bits per heavy atom. The highest BCUT2D eigenvalue weighted by atomic mass is 32.1. The maximum absolute atomic E-state index is 12.4. The third-order valence-electron chi connectivity index (χ3n) is 3.76. The molecule has 0 unspecified atom stereocenters. The van der Waals surface area contributed by atoms with Crippen molar-refractivity contribution >= 4 is 27.5 Å². The normalized spacial score (nSPS) is 12.1. The lowest BCUT2D eigenvalue weighted by Gasteiger charge is -2.07. The first-order chi connectivity index (χ1) is 11.1. The molecule has 2 aromatic heterocycles. The van der Waals surface area contributed by atoms with Crippen molar-refractivity contribution < 1.29 is 9.53 Å².